The van der Waals surface area contributed by atoms with E-state index in [1.165, 1.54) is 24.8 Å². The van der Waals surface area contributed by atoms with Crippen molar-refractivity contribution in [1.82, 2.24) is 9.80 Å². The van der Waals surface area contributed by atoms with Crippen LogP contribution in [0.2, 0.25) is 0 Å². The highest BCUT2D eigenvalue weighted by atomic mass is 32.2. The van der Waals surface area contributed by atoms with Crippen molar-refractivity contribution in [3.63, 3.8) is 0 Å². The van der Waals surface area contributed by atoms with Gasteiger partial charge in [-0.15, -0.1) is 0 Å². The first-order valence-electron chi connectivity index (χ1n) is 10.8. The van der Waals surface area contributed by atoms with E-state index >= 15 is 0 Å². The summed E-state index contributed by atoms with van der Waals surface area (Å²) in [5.74, 6) is 2.52. The first-order valence-corrected chi connectivity index (χ1v) is 12.2. The molecule has 2 amide bonds. The molecule has 2 heterocycles. The first-order chi connectivity index (χ1) is 13.7. The van der Waals surface area contributed by atoms with Gasteiger partial charge in [0.15, 0.2) is 0 Å². The lowest BCUT2D eigenvalue weighted by molar-refractivity contribution is -0.138. The van der Waals surface area contributed by atoms with Crippen LogP contribution in [0.25, 0.3) is 0 Å². The maximum atomic E-state index is 13.4. The maximum absolute atomic E-state index is 13.4. The lowest BCUT2D eigenvalue weighted by Gasteiger charge is -2.33. The number of hydrogen-bond acceptors (Lipinski definition) is 3. The Hall–Kier alpha value is -1.49. The van der Waals surface area contributed by atoms with E-state index in [0.717, 1.165) is 38.2 Å². The van der Waals surface area contributed by atoms with Crippen LogP contribution in [-0.2, 0) is 9.59 Å². The van der Waals surface area contributed by atoms with Crippen LogP contribution in [-0.4, -0.2) is 53.3 Å². The molecule has 28 heavy (non-hydrogen) atoms. The molecule has 3 fully saturated rings. The van der Waals surface area contributed by atoms with Crippen molar-refractivity contribution in [2.24, 2.45) is 17.8 Å². The van der Waals surface area contributed by atoms with E-state index in [0.29, 0.717) is 24.2 Å². The molecular formula is C23H32N2O2S. The highest BCUT2D eigenvalue weighted by molar-refractivity contribution is 7.98. The van der Waals surface area contributed by atoms with Crippen LogP contribution in [0.1, 0.15) is 50.1 Å². The van der Waals surface area contributed by atoms with Gasteiger partial charge in [-0.1, -0.05) is 49.6 Å². The molecule has 1 aliphatic carbocycles. The average molecular weight is 401 g/mol. The van der Waals surface area contributed by atoms with Crippen molar-refractivity contribution in [3.05, 3.63) is 35.9 Å². The number of nitrogens with zero attached hydrogens (tertiary/aromatic N) is 2. The lowest BCUT2D eigenvalue weighted by atomic mass is 9.87. The Kier molecular flexibility index (Phi) is 6.29. The molecule has 0 spiro atoms. The molecular weight excluding hydrogens is 368 g/mol. The summed E-state index contributed by atoms with van der Waals surface area (Å²) in [7, 11) is 0. The zero-order valence-corrected chi connectivity index (χ0v) is 17.7. The van der Waals surface area contributed by atoms with Crippen LogP contribution in [0.4, 0.5) is 0 Å². The molecule has 152 valence electrons. The van der Waals surface area contributed by atoms with Crippen LogP contribution >= 0.6 is 11.8 Å². The fourth-order valence-corrected chi connectivity index (χ4v) is 5.86. The van der Waals surface area contributed by atoms with Gasteiger partial charge in [-0.05, 0) is 24.7 Å². The second kappa shape index (κ2) is 8.89. The molecule has 4 rings (SSSR count). The highest BCUT2D eigenvalue weighted by Gasteiger charge is 2.50. The van der Waals surface area contributed by atoms with Gasteiger partial charge in [0.1, 0.15) is 0 Å². The minimum atomic E-state index is 0.124. The van der Waals surface area contributed by atoms with E-state index in [1.54, 1.807) is 11.8 Å². The van der Waals surface area contributed by atoms with Crippen molar-refractivity contribution in [2.45, 2.75) is 44.6 Å². The van der Waals surface area contributed by atoms with Crippen molar-refractivity contribution in [3.8, 4) is 0 Å². The van der Waals surface area contributed by atoms with Gasteiger partial charge >= 0.3 is 0 Å². The van der Waals surface area contributed by atoms with E-state index in [-0.39, 0.29) is 17.9 Å². The van der Waals surface area contributed by atoms with Crippen LogP contribution in [0.15, 0.2) is 30.3 Å². The molecule has 0 unspecified atom stereocenters. The zero-order valence-electron chi connectivity index (χ0n) is 16.9. The average Bonchev–Trinajstić information content (AvgIpc) is 3.31. The number of amides is 2. The van der Waals surface area contributed by atoms with Crippen LogP contribution in [0.5, 0.6) is 0 Å². The van der Waals surface area contributed by atoms with Crippen molar-refractivity contribution < 1.29 is 9.59 Å². The molecule has 5 heteroatoms. The summed E-state index contributed by atoms with van der Waals surface area (Å²) in [6.45, 7) is 2.42. The summed E-state index contributed by atoms with van der Waals surface area (Å²) >= 11 is 1.73. The number of thioether (sulfide) groups is 1. The number of likely N-dealkylation sites (tertiary alicyclic amines) is 2. The minimum Gasteiger partial charge on any atom is -0.342 e. The Morgan fingerprint density at radius 2 is 1.79 bits per heavy atom. The molecule has 1 aromatic rings. The lowest BCUT2D eigenvalue weighted by Crippen LogP contribution is -2.40. The second-order valence-electron chi connectivity index (χ2n) is 8.65. The number of hydrogen-bond donors (Lipinski definition) is 0. The third kappa shape index (κ3) is 3.96. The van der Waals surface area contributed by atoms with Gasteiger partial charge in [0.25, 0.3) is 0 Å². The summed E-state index contributed by atoms with van der Waals surface area (Å²) in [4.78, 5) is 30.2. The molecule has 0 bridgehead atoms. The highest BCUT2D eigenvalue weighted by Crippen LogP contribution is 2.46. The second-order valence-corrected chi connectivity index (χ2v) is 9.63. The molecule has 3 aliphatic rings. The molecule has 1 aromatic carbocycles. The fourth-order valence-electron chi connectivity index (χ4n) is 5.48. The fraction of sp³-hybridized carbons (Fsp3) is 0.652. The predicted molar refractivity (Wildman–Crippen MR) is 114 cm³/mol. The standard InChI is InChI=1S/C23H32N2O2S/c1-28-13-12-21(26)24-14-19-15-25(23(27)18-10-6-3-7-11-18)22(20(19)16-24)17-8-4-2-5-9-17/h2,4-5,8-9,18-20,22H,3,6-7,10-16H2,1H3/t19-,20-,22+/m0/s1. The SMILES string of the molecule is CSCCC(=O)N1C[C@H]2CN(C(=O)C3CCCCC3)[C@H](c3ccccc3)[C@H]2C1. The third-order valence-corrected chi connectivity index (χ3v) is 7.53. The number of carbonyl (C=O) groups excluding carboxylic acids is 2. The largest absolute Gasteiger partial charge is 0.342 e. The van der Waals surface area contributed by atoms with E-state index in [9.17, 15) is 9.59 Å². The van der Waals surface area contributed by atoms with Crippen molar-refractivity contribution in [1.29, 1.82) is 0 Å². The van der Waals surface area contributed by atoms with Gasteiger partial charge in [-0.2, -0.15) is 11.8 Å². The van der Waals surface area contributed by atoms with Crippen LogP contribution in [0.3, 0.4) is 0 Å². The molecule has 2 aliphatic heterocycles. The summed E-state index contributed by atoms with van der Waals surface area (Å²) in [6.07, 6.45) is 8.41. The molecule has 3 atom stereocenters. The number of rotatable bonds is 5. The topological polar surface area (TPSA) is 40.6 Å². The van der Waals surface area contributed by atoms with Crippen molar-refractivity contribution >= 4 is 23.6 Å². The Labute approximate surface area is 173 Å². The summed E-state index contributed by atoms with van der Waals surface area (Å²) in [6, 6.07) is 10.6. The van der Waals surface area contributed by atoms with Gasteiger partial charge in [-0.25, -0.2) is 0 Å². The van der Waals surface area contributed by atoms with Gasteiger partial charge < -0.3 is 9.80 Å². The quantitative estimate of drug-likeness (QED) is 0.751. The minimum absolute atomic E-state index is 0.124. The summed E-state index contributed by atoms with van der Waals surface area (Å²) < 4.78 is 0. The van der Waals surface area contributed by atoms with Crippen LogP contribution in [0, 0.1) is 17.8 Å². The van der Waals surface area contributed by atoms with E-state index in [4.69, 9.17) is 0 Å². The Morgan fingerprint density at radius 3 is 2.50 bits per heavy atom. The number of fused-ring (bicyclic) bond motifs is 1. The smallest absolute Gasteiger partial charge is 0.226 e. The summed E-state index contributed by atoms with van der Waals surface area (Å²) in [5.41, 5.74) is 1.23. The Morgan fingerprint density at radius 1 is 1.04 bits per heavy atom. The molecule has 1 saturated carbocycles. The Bertz CT molecular complexity index is 689. The molecule has 4 nitrogen and oxygen atoms in total. The van der Waals surface area contributed by atoms with Gasteiger partial charge in [0.2, 0.25) is 11.8 Å². The monoisotopic (exact) mass is 400 g/mol. The van der Waals surface area contributed by atoms with Gasteiger partial charge in [-0.3, -0.25) is 9.59 Å². The molecule has 2 saturated heterocycles. The number of benzene rings is 1. The first kappa shape index (κ1) is 19.8. The third-order valence-electron chi connectivity index (χ3n) is 6.92. The van der Waals surface area contributed by atoms with E-state index < -0.39 is 0 Å². The van der Waals surface area contributed by atoms with E-state index in [1.807, 2.05) is 12.3 Å². The van der Waals surface area contributed by atoms with Crippen molar-refractivity contribution in [2.75, 3.05) is 31.6 Å². The number of carbonyl (C=O) groups is 2. The van der Waals surface area contributed by atoms with Crippen LogP contribution < -0.4 is 0 Å². The predicted octanol–water partition coefficient (Wildman–Crippen LogP) is 3.98. The van der Waals surface area contributed by atoms with Gasteiger partial charge in [0.05, 0.1) is 6.04 Å². The normalized spacial score (nSPS) is 27.8. The summed E-state index contributed by atoms with van der Waals surface area (Å²) in [5, 5.41) is 0. The zero-order chi connectivity index (χ0) is 19.5. The molecule has 0 radical (unpaired) electrons. The maximum Gasteiger partial charge on any atom is 0.226 e. The van der Waals surface area contributed by atoms with Gasteiger partial charge in [0, 0.05) is 49.6 Å². The molecule has 0 aromatic heterocycles. The Balaban J connectivity index is 1.53. The molecule has 0 N–H and O–H groups in total. The van der Waals surface area contributed by atoms with E-state index in [2.05, 4.69) is 34.1 Å².